The molecule has 2 aliphatic rings. The molecule has 1 spiro atoms. The average molecular weight is 399 g/mol. The van der Waals surface area contributed by atoms with Crippen LogP contribution in [0, 0.1) is 0 Å². The normalized spacial score (nSPS) is 21.4. The minimum absolute atomic E-state index is 0.0999. The van der Waals surface area contributed by atoms with Gasteiger partial charge in [-0.15, -0.1) is 0 Å². The van der Waals surface area contributed by atoms with Gasteiger partial charge in [0.15, 0.2) is 5.60 Å². The maximum atomic E-state index is 13.4. The maximum absolute atomic E-state index is 13.4. The molecule has 3 aromatic rings. The van der Waals surface area contributed by atoms with Crippen LogP contribution in [0.4, 0.5) is 0 Å². The number of carbonyl (C=O) groups is 1. The number of ether oxygens (including phenoxy) is 2. The number of ketones is 1. The van der Waals surface area contributed by atoms with Gasteiger partial charge in [0.25, 0.3) is 0 Å². The molecular weight excluding hydrogens is 378 g/mol. The van der Waals surface area contributed by atoms with Crippen LogP contribution in [-0.4, -0.2) is 22.7 Å². The maximum Gasteiger partial charge on any atom is 0.243 e. The van der Waals surface area contributed by atoms with Crippen molar-refractivity contribution >= 4 is 11.5 Å². The van der Waals surface area contributed by atoms with Crippen LogP contribution in [0.3, 0.4) is 0 Å². The summed E-state index contributed by atoms with van der Waals surface area (Å²) in [7, 11) is 0. The van der Waals surface area contributed by atoms with Gasteiger partial charge in [-0.05, 0) is 67.9 Å². The zero-order valence-electron chi connectivity index (χ0n) is 16.8. The first-order chi connectivity index (χ1) is 14.5. The fourth-order valence-corrected chi connectivity index (χ4v) is 3.96. The van der Waals surface area contributed by atoms with Crippen LogP contribution in [0.5, 0.6) is 17.2 Å². The number of hydrogen-bond acceptors (Lipinski definition) is 5. The van der Waals surface area contributed by atoms with Crippen molar-refractivity contribution in [2.75, 3.05) is 0 Å². The fourth-order valence-electron chi connectivity index (χ4n) is 3.96. The highest BCUT2D eigenvalue weighted by atomic mass is 16.7. The van der Waals surface area contributed by atoms with Crippen LogP contribution in [0.2, 0.25) is 0 Å². The zero-order chi connectivity index (χ0) is 20.8. The Kier molecular flexibility index (Phi) is 4.13. The van der Waals surface area contributed by atoms with E-state index in [-0.39, 0.29) is 5.78 Å². The average Bonchev–Trinajstić information content (AvgIpc) is 3.21. The molecule has 30 heavy (non-hydrogen) atoms. The first-order valence-corrected chi connectivity index (χ1v) is 9.90. The molecule has 0 saturated carbocycles. The van der Waals surface area contributed by atoms with Gasteiger partial charge in [-0.2, -0.15) is 0 Å². The Morgan fingerprint density at radius 1 is 0.867 bits per heavy atom. The van der Waals surface area contributed by atoms with Gasteiger partial charge in [0.1, 0.15) is 17.2 Å². The molecule has 150 valence electrons. The summed E-state index contributed by atoms with van der Waals surface area (Å²) in [5, 5.41) is 4.29. The summed E-state index contributed by atoms with van der Waals surface area (Å²) in [6.07, 6.45) is 0.339. The van der Waals surface area contributed by atoms with Crippen molar-refractivity contribution in [3.05, 3.63) is 90.0 Å². The lowest BCUT2D eigenvalue weighted by Gasteiger charge is -2.44. The molecule has 5 nitrogen and oxygen atoms in total. The van der Waals surface area contributed by atoms with Gasteiger partial charge in [-0.3, -0.25) is 4.79 Å². The molecule has 2 heterocycles. The van der Waals surface area contributed by atoms with Gasteiger partial charge in [-0.1, -0.05) is 35.5 Å². The van der Waals surface area contributed by atoms with Crippen molar-refractivity contribution in [1.29, 1.82) is 0 Å². The number of para-hydroxylation sites is 2. The molecule has 0 amide bonds. The number of benzene rings is 3. The first-order valence-electron chi connectivity index (χ1n) is 9.90. The van der Waals surface area contributed by atoms with Crippen LogP contribution < -0.4 is 9.47 Å². The molecule has 0 aliphatic carbocycles. The number of hydrogen-bond donors (Lipinski definition) is 0. The first kappa shape index (κ1) is 18.4. The van der Waals surface area contributed by atoms with E-state index in [1.54, 1.807) is 6.07 Å². The summed E-state index contributed by atoms with van der Waals surface area (Å²) in [6.45, 7) is 3.74. The Bertz CT molecular complexity index is 1140. The molecule has 3 aromatic carbocycles. The second kappa shape index (κ2) is 6.73. The second-order valence-corrected chi connectivity index (χ2v) is 8.01. The van der Waals surface area contributed by atoms with Crippen molar-refractivity contribution in [2.24, 2.45) is 5.16 Å². The van der Waals surface area contributed by atoms with Crippen molar-refractivity contribution in [1.82, 2.24) is 0 Å². The third kappa shape index (κ3) is 2.86. The Morgan fingerprint density at radius 2 is 1.53 bits per heavy atom. The second-order valence-electron chi connectivity index (χ2n) is 8.01. The molecule has 2 aliphatic heterocycles. The summed E-state index contributed by atoms with van der Waals surface area (Å²) in [6, 6.07) is 24.5. The van der Waals surface area contributed by atoms with Crippen LogP contribution in [0.1, 0.15) is 36.2 Å². The van der Waals surface area contributed by atoms with E-state index in [4.69, 9.17) is 14.3 Å². The fraction of sp³-hybridized carbons (Fsp3) is 0.200. The van der Waals surface area contributed by atoms with E-state index in [9.17, 15) is 4.79 Å². The number of Topliss-reactive ketones (excluding diaryl/α,β-unsaturated/α-hetero) is 1. The van der Waals surface area contributed by atoms with E-state index >= 15 is 0 Å². The van der Waals surface area contributed by atoms with Crippen LogP contribution >= 0.6 is 0 Å². The SMILES string of the molecule is CC1(C)Oc2ccccc2C(=O)C12CC(c1ccc(Oc3ccccc3)cc1)=NO2. The summed E-state index contributed by atoms with van der Waals surface area (Å²) >= 11 is 0. The number of nitrogens with zero attached hydrogens (tertiary/aromatic N) is 1. The summed E-state index contributed by atoms with van der Waals surface area (Å²) < 4.78 is 12.0. The smallest absolute Gasteiger partial charge is 0.243 e. The van der Waals surface area contributed by atoms with E-state index in [1.165, 1.54) is 0 Å². The molecule has 0 radical (unpaired) electrons. The lowest BCUT2D eigenvalue weighted by molar-refractivity contribution is -0.118. The lowest BCUT2D eigenvalue weighted by atomic mass is 9.73. The van der Waals surface area contributed by atoms with Gasteiger partial charge in [0, 0.05) is 6.42 Å². The molecule has 1 atom stereocenters. The highest BCUT2D eigenvalue weighted by molar-refractivity contribution is 6.12. The van der Waals surface area contributed by atoms with Crippen molar-refractivity contribution in [3.63, 3.8) is 0 Å². The molecule has 5 heteroatoms. The third-order valence-corrected chi connectivity index (χ3v) is 5.73. The van der Waals surface area contributed by atoms with Gasteiger partial charge in [0.2, 0.25) is 11.4 Å². The quantitative estimate of drug-likeness (QED) is 0.592. The van der Waals surface area contributed by atoms with Crippen molar-refractivity contribution < 1.29 is 19.1 Å². The Morgan fingerprint density at radius 3 is 2.30 bits per heavy atom. The predicted molar refractivity (Wildman–Crippen MR) is 113 cm³/mol. The third-order valence-electron chi connectivity index (χ3n) is 5.73. The number of carbonyl (C=O) groups excluding carboxylic acids is 1. The van der Waals surface area contributed by atoms with Crippen LogP contribution in [0.25, 0.3) is 0 Å². The topological polar surface area (TPSA) is 57.1 Å². The van der Waals surface area contributed by atoms with E-state index in [0.717, 1.165) is 17.1 Å². The van der Waals surface area contributed by atoms with Crippen molar-refractivity contribution in [2.45, 2.75) is 31.5 Å². The monoisotopic (exact) mass is 399 g/mol. The number of rotatable bonds is 3. The standard InChI is InChI=1S/C25H21NO4/c1-24(2)25(23(27)20-10-6-7-11-22(20)29-24)16-21(26-30-25)17-12-14-19(15-13-17)28-18-8-4-3-5-9-18/h3-15H,16H2,1-2H3. The highest BCUT2D eigenvalue weighted by Crippen LogP contribution is 2.46. The van der Waals surface area contributed by atoms with E-state index in [1.807, 2.05) is 86.6 Å². The Hall–Kier alpha value is -3.60. The minimum Gasteiger partial charge on any atom is -0.482 e. The van der Waals surface area contributed by atoms with E-state index in [2.05, 4.69) is 5.16 Å². The number of fused-ring (bicyclic) bond motifs is 1. The summed E-state index contributed by atoms with van der Waals surface area (Å²) in [4.78, 5) is 19.2. The van der Waals surface area contributed by atoms with Crippen LogP contribution in [0.15, 0.2) is 84.0 Å². The summed E-state index contributed by atoms with van der Waals surface area (Å²) in [5.74, 6) is 1.98. The Labute approximate surface area is 174 Å². The molecule has 1 unspecified atom stereocenters. The van der Waals surface area contributed by atoms with E-state index in [0.29, 0.717) is 23.4 Å². The van der Waals surface area contributed by atoms with Gasteiger partial charge >= 0.3 is 0 Å². The number of oxime groups is 1. The van der Waals surface area contributed by atoms with Gasteiger partial charge in [0.05, 0.1) is 11.3 Å². The molecule has 5 rings (SSSR count). The van der Waals surface area contributed by atoms with Crippen LogP contribution in [-0.2, 0) is 4.84 Å². The van der Waals surface area contributed by atoms with Gasteiger partial charge in [-0.25, -0.2) is 0 Å². The minimum atomic E-state index is -1.18. The molecule has 0 bridgehead atoms. The zero-order valence-corrected chi connectivity index (χ0v) is 16.8. The van der Waals surface area contributed by atoms with E-state index < -0.39 is 11.2 Å². The van der Waals surface area contributed by atoms with Gasteiger partial charge < -0.3 is 14.3 Å². The predicted octanol–water partition coefficient (Wildman–Crippen LogP) is 5.40. The highest BCUT2D eigenvalue weighted by Gasteiger charge is 2.62. The summed E-state index contributed by atoms with van der Waals surface area (Å²) in [5.41, 5.74) is 0.0796. The molecule has 0 saturated heterocycles. The molecule has 0 N–H and O–H groups in total. The Balaban J connectivity index is 1.39. The largest absolute Gasteiger partial charge is 0.482 e. The molecule has 0 fully saturated rings. The lowest BCUT2D eigenvalue weighted by Crippen LogP contribution is -2.61. The van der Waals surface area contributed by atoms with Crippen molar-refractivity contribution in [3.8, 4) is 17.2 Å². The molecular formula is C25H21NO4. The molecule has 0 aromatic heterocycles.